The maximum Gasteiger partial charge on any atom is 0.433 e. The standard InChI is InChI=1S/C13H17F3N2O2/c1-9(5-6-12(19)20)7-8-17-11-4-2-3-10(18-11)13(14,15)16/h2-4,9H,5-8H2,1H3,(H,17,18)(H,19,20). The highest BCUT2D eigenvalue weighted by Gasteiger charge is 2.32. The van der Waals surface area contributed by atoms with Crippen LogP contribution >= 0.6 is 0 Å². The number of carbonyl (C=O) groups is 1. The second-order valence-electron chi connectivity index (χ2n) is 4.66. The van der Waals surface area contributed by atoms with E-state index in [4.69, 9.17) is 5.11 Å². The van der Waals surface area contributed by atoms with Gasteiger partial charge in [-0.15, -0.1) is 0 Å². The van der Waals surface area contributed by atoms with Gasteiger partial charge in [0.05, 0.1) is 0 Å². The molecule has 1 atom stereocenters. The van der Waals surface area contributed by atoms with E-state index < -0.39 is 17.8 Å². The molecule has 20 heavy (non-hydrogen) atoms. The van der Waals surface area contributed by atoms with Crippen LogP contribution in [0.5, 0.6) is 0 Å². The Morgan fingerprint density at radius 2 is 2.10 bits per heavy atom. The van der Waals surface area contributed by atoms with Gasteiger partial charge in [0.15, 0.2) is 0 Å². The van der Waals surface area contributed by atoms with Crippen molar-refractivity contribution in [2.45, 2.75) is 32.4 Å². The van der Waals surface area contributed by atoms with E-state index in [-0.39, 0.29) is 18.2 Å². The van der Waals surface area contributed by atoms with Crippen molar-refractivity contribution in [2.24, 2.45) is 5.92 Å². The first kappa shape index (κ1) is 16.3. The van der Waals surface area contributed by atoms with Gasteiger partial charge in [0.1, 0.15) is 11.5 Å². The fraction of sp³-hybridized carbons (Fsp3) is 0.538. The van der Waals surface area contributed by atoms with Gasteiger partial charge in [-0.25, -0.2) is 4.98 Å². The number of aromatic nitrogens is 1. The van der Waals surface area contributed by atoms with Crippen LogP contribution < -0.4 is 5.32 Å². The van der Waals surface area contributed by atoms with Crippen LogP contribution in [0.25, 0.3) is 0 Å². The fourth-order valence-corrected chi connectivity index (χ4v) is 1.65. The first-order chi connectivity index (χ1) is 9.29. The molecule has 0 bridgehead atoms. The smallest absolute Gasteiger partial charge is 0.433 e. The third-order valence-corrected chi connectivity index (χ3v) is 2.83. The van der Waals surface area contributed by atoms with Gasteiger partial charge in [-0.2, -0.15) is 13.2 Å². The summed E-state index contributed by atoms with van der Waals surface area (Å²) in [5.41, 5.74) is -0.929. The predicted molar refractivity (Wildman–Crippen MR) is 68.4 cm³/mol. The van der Waals surface area contributed by atoms with Gasteiger partial charge in [0.2, 0.25) is 0 Å². The molecule has 1 aromatic rings. The van der Waals surface area contributed by atoms with Crippen molar-refractivity contribution in [3.63, 3.8) is 0 Å². The summed E-state index contributed by atoms with van der Waals surface area (Å²) in [4.78, 5) is 13.9. The maximum atomic E-state index is 12.4. The van der Waals surface area contributed by atoms with Crippen LogP contribution in [0.4, 0.5) is 19.0 Å². The van der Waals surface area contributed by atoms with Crippen LogP contribution in [0.15, 0.2) is 18.2 Å². The Morgan fingerprint density at radius 1 is 1.40 bits per heavy atom. The highest BCUT2D eigenvalue weighted by molar-refractivity contribution is 5.66. The van der Waals surface area contributed by atoms with E-state index in [9.17, 15) is 18.0 Å². The third kappa shape index (κ3) is 5.90. The minimum Gasteiger partial charge on any atom is -0.481 e. The lowest BCUT2D eigenvalue weighted by Crippen LogP contribution is -2.12. The molecular weight excluding hydrogens is 273 g/mol. The first-order valence-corrected chi connectivity index (χ1v) is 6.29. The van der Waals surface area contributed by atoms with Crippen molar-refractivity contribution in [3.05, 3.63) is 23.9 Å². The molecule has 0 saturated carbocycles. The number of carboxylic acids is 1. The van der Waals surface area contributed by atoms with Gasteiger partial charge in [0.25, 0.3) is 0 Å². The molecule has 2 N–H and O–H groups in total. The molecule has 1 heterocycles. The average Bonchev–Trinajstić information content (AvgIpc) is 2.36. The Bertz CT molecular complexity index is 449. The summed E-state index contributed by atoms with van der Waals surface area (Å²) in [5.74, 6) is -0.487. The number of rotatable bonds is 7. The second-order valence-corrected chi connectivity index (χ2v) is 4.66. The molecule has 0 saturated heterocycles. The number of nitrogens with one attached hydrogen (secondary N) is 1. The number of pyridine rings is 1. The van der Waals surface area contributed by atoms with E-state index in [1.54, 1.807) is 0 Å². The number of alkyl halides is 3. The first-order valence-electron chi connectivity index (χ1n) is 6.29. The quantitative estimate of drug-likeness (QED) is 0.808. The number of aliphatic carboxylic acids is 1. The van der Waals surface area contributed by atoms with Crippen molar-refractivity contribution < 1.29 is 23.1 Å². The highest BCUT2D eigenvalue weighted by atomic mass is 19.4. The lowest BCUT2D eigenvalue weighted by Gasteiger charge is -2.12. The van der Waals surface area contributed by atoms with Gasteiger partial charge in [-0.3, -0.25) is 4.79 Å². The number of carboxylic acid groups (broad SMARTS) is 1. The zero-order chi connectivity index (χ0) is 15.2. The summed E-state index contributed by atoms with van der Waals surface area (Å²) < 4.78 is 37.3. The molecule has 0 aliphatic carbocycles. The maximum absolute atomic E-state index is 12.4. The minimum absolute atomic E-state index is 0.100. The molecule has 4 nitrogen and oxygen atoms in total. The van der Waals surface area contributed by atoms with Crippen LogP contribution in [-0.2, 0) is 11.0 Å². The largest absolute Gasteiger partial charge is 0.481 e. The van der Waals surface area contributed by atoms with Gasteiger partial charge >= 0.3 is 12.1 Å². The van der Waals surface area contributed by atoms with Crippen LogP contribution in [-0.4, -0.2) is 22.6 Å². The zero-order valence-electron chi connectivity index (χ0n) is 11.1. The van der Waals surface area contributed by atoms with Gasteiger partial charge in [-0.1, -0.05) is 13.0 Å². The van der Waals surface area contributed by atoms with E-state index in [2.05, 4.69) is 10.3 Å². The molecule has 0 aromatic carbocycles. The molecule has 0 radical (unpaired) electrons. The highest BCUT2D eigenvalue weighted by Crippen LogP contribution is 2.28. The summed E-state index contributed by atoms with van der Waals surface area (Å²) in [6.45, 7) is 2.36. The van der Waals surface area contributed by atoms with Crippen molar-refractivity contribution in [2.75, 3.05) is 11.9 Å². The number of nitrogens with zero attached hydrogens (tertiary/aromatic N) is 1. The Kier molecular flexibility index (Phi) is 5.79. The van der Waals surface area contributed by atoms with Crippen molar-refractivity contribution in [3.8, 4) is 0 Å². The molecule has 112 valence electrons. The average molecular weight is 290 g/mol. The van der Waals surface area contributed by atoms with Crippen LogP contribution in [0.1, 0.15) is 31.9 Å². The summed E-state index contributed by atoms with van der Waals surface area (Å²) >= 11 is 0. The van der Waals surface area contributed by atoms with Crippen LogP contribution in [0, 0.1) is 5.92 Å². The number of hydrogen-bond acceptors (Lipinski definition) is 3. The van der Waals surface area contributed by atoms with E-state index in [0.717, 1.165) is 6.07 Å². The molecule has 0 aliphatic heterocycles. The lowest BCUT2D eigenvalue weighted by atomic mass is 10.0. The molecule has 1 unspecified atom stereocenters. The molecule has 0 spiro atoms. The van der Waals surface area contributed by atoms with Gasteiger partial charge < -0.3 is 10.4 Å². The van der Waals surface area contributed by atoms with Crippen LogP contribution in [0.2, 0.25) is 0 Å². The van der Waals surface area contributed by atoms with Gasteiger partial charge in [0, 0.05) is 13.0 Å². The minimum atomic E-state index is -4.45. The van der Waals surface area contributed by atoms with E-state index in [0.29, 0.717) is 19.4 Å². The zero-order valence-corrected chi connectivity index (χ0v) is 11.1. The monoisotopic (exact) mass is 290 g/mol. The van der Waals surface area contributed by atoms with E-state index >= 15 is 0 Å². The lowest BCUT2D eigenvalue weighted by molar-refractivity contribution is -0.141. The summed E-state index contributed by atoms with van der Waals surface area (Å²) in [6.07, 6.45) is -3.13. The van der Waals surface area contributed by atoms with E-state index in [1.807, 2.05) is 6.92 Å². The normalized spacial score (nSPS) is 13.0. The van der Waals surface area contributed by atoms with E-state index in [1.165, 1.54) is 12.1 Å². The predicted octanol–water partition coefficient (Wildman–Crippen LogP) is 3.40. The molecule has 7 heteroatoms. The Morgan fingerprint density at radius 3 is 2.70 bits per heavy atom. The molecule has 1 rings (SSSR count). The Labute approximate surface area is 115 Å². The van der Waals surface area contributed by atoms with Crippen molar-refractivity contribution >= 4 is 11.8 Å². The van der Waals surface area contributed by atoms with Crippen LogP contribution in [0.3, 0.4) is 0 Å². The molecule has 0 amide bonds. The Balaban J connectivity index is 2.40. The fourth-order valence-electron chi connectivity index (χ4n) is 1.65. The summed E-state index contributed by atoms with van der Waals surface area (Å²) in [5, 5.41) is 11.4. The van der Waals surface area contributed by atoms with Crippen molar-refractivity contribution in [1.29, 1.82) is 0 Å². The molecule has 0 fully saturated rings. The Hall–Kier alpha value is -1.79. The topological polar surface area (TPSA) is 62.2 Å². The molecular formula is C13H17F3N2O2. The SMILES string of the molecule is CC(CCNc1cccc(C(F)(F)F)n1)CCC(=O)O. The number of halogens is 3. The molecule has 1 aromatic heterocycles. The number of hydrogen-bond donors (Lipinski definition) is 2. The second kappa shape index (κ2) is 7.12. The van der Waals surface area contributed by atoms with Crippen molar-refractivity contribution in [1.82, 2.24) is 4.98 Å². The van der Waals surface area contributed by atoms with Gasteiger partial charge in [-0.05, 0) is 30.9 Å². The summed E-state index contributed by atoms with van der Waals surface area (Å²) in [7, 11) is 0. The third-order valence-electron chi connectivity index (χ3n) is 2.83. The number of anilines is 1. The molecule has 0 aliphatic rings. The summed E-state index contributed by atoms with van der Waals surface area (Å²) in [6, 6.07) is 3.68.